The van der Waals surface area contributed by atoms with Crippen LogP contribution in [0.5, 0.6) is 5.75 Å². The fraction of sp³-hybridized carbons (Fsp3) is 0.462. The Kier molecular flexibility index (Phi) is 5.99. The van der Waals surface area contributed by atoms with Gasteiger partial charge in [0.1, 0.15) is 24.3 Å². The minimum Gasteiger partial charge on any atom is -0.491 e. The number of imidazole rings is 1. The molecule has 2 aromatic carbocycles. The summed E-state index contributed by atoms with van der Waals surface area (Å²) < 4.78 is 7.95. The van der Waals surface area contributed by atoms with Crippen LogP contribution < -0.4 is 4.74 Å². The quantitative estimate of drug-likeness (QED) is 0.630. The average molecular weight is 436 g/mol. The summed E-state index contributed by atoms with van der Waals surface area (Å²) in [6, 6.07) is 14.0. The third-order valence-corrected chi connectivity index (χ3v) is 6.01. The molecular formula is C26H33N3O3. The van der Waals surface area contributed by atoms with E-state index in [4.69, 9.17) is 9.72 Å². The fourth-order valence-electron chi connectivity index (χ4n) is 4.60. The van der Waals surface area contributed by atoms with Crippen molar-refractivity contribution in [1.82, 2.24) is 14.5 Å². The molecule has 3 aromatic rings. The molecule has 32 heavy (non-hydrogen) atoms. The van der Waals surface area contributed by atoms with Gasteiger partial charge in [-0.05, 0) is 70.0 Å². The molecule has 6 heteroatoms. The van der Waals surface area contributed by atoms with Gasteiger partial charge in [-0.3, -0.25) is 4.79 Å². The van der Waals surface area contributed by atoms with Crippen LogP contribution in [0.3, 0.4) is 0 Å². The van der Waals surface area contributed by atoms with E-state index < -0.39 is 6.10 Å². The Hall–Kier alpha value is -2.86. The SMILES string of the molecule is Cc1cc(C)cc(OC[C@@H](O)Cn2c([C@H]3CC(=O)N(C(C)(C)C)C3)nc3ccccc32)c1. The number of benzene rings is 2. The number of aryl methyl sites for hydroxylation is 2. The topological polar surface area (TPSA) is 67.6 Å². The van der Waals surface area contributed by atoms with Gasteiger partial charge in [0.05, 0.1) is 17.6 Å². The molecule has 0 unspecified atom stereocenters. The van der Waals surface area contributed by atoms with Gasteiger partial charge in [-0.1, -0.05) is 18.2 Å². The van der Waals surface area contributed by atoms with Crippen LogP contribution in [-0.4, -0.2) is 50.3 Å². The number of rotatable bonds is 6. The lowest BCUT2D eigenvalue weighted by Crippen LogP contribution is -2.42. The zero-order valence-electron chi connectivity index (χ0n) is 19.6. The van der Waals surface area contributed by atoms with Gasteiger partial charge >= 0.3 is 0 Å². The van der Waals surface area contributed by atoms with Gasteiger partial charge in [0, 0.05) is 24.4 Å². The highest BCUT2D eigenvalue weighted by Gasteiger charge is 2.39. The summed E-state index contributed by atoms with van der Waals surface area (Å²) in [5.74, 6) is 1.78. The van der Waals surface area contributed by atoms with E-state index in [1.165, 1.54) is 0 Å². The number of hydrogen-bond donors (Lipinski definition) is 1. The van der Waals surface area contributed by atoms with Gasteiger partial charge in [0.2, 0.25) is 5.91 Å². The van der Waals surface area contributed by atoms with Gasteiger partial charge in [-0.15, -0.1) is 0 Å². The molecule has 1 aliphatic rings. The number of aliphatic hydroxyl groups is 1. The molecule has 1 amide bonds. The highest BCUT2D eigenvalue weighted by molar-refractivity contribution is 5.81. The number of carbonyl (C=O) groups is 1. The van der Waals surface area contributed by atoms with Crippen LogP contribution >= 0.6 is 0 Å². The smallest absolute Gasteiger partial charge is 0.223 e. The van der Waals surface area contributed by atoms with E-state index >= 15 is 0 Å². The third kappa shape index (κ3) is 4.65. The number of aliphatic hydroxyl groups excluding tert-OH is 1. The number of likely N-dealkylation sites (tertiary alicyclic amines) is 1. The van der Waals surface area contributed by atoms with Gasteiger partial charge in [0.15, 0.2) is 0 Å². The van der Waals surface area contributed by atoms with Crippen LogP contribution in [0, 0.1) is 13.8 Å². The van der Waals surface area contributed by atoms with E-state index in [2.05, 4.69) is 31.4 Å². The number of aromatic nitrogens is 2. The molecule has 1 saturated heterocycles. The van der Waals surface area contributed by atoms with Crippen LogP contribution in [0.2, 0.25) is 0 Å². The van der Waals surface area contributed by atoms with Gasteiger partial charge < -0.3 is 19.3 Å². The van der Waals surface area contributed by atoms with Crippen LogP contribution in [0.4, 0.5) is 0 Å². The largest absolute Gasteiger partial charge is 0.491 e. The monoisotopic (exact) mass is 435 g/mol. The zero-order valence-corrected chi connectivity index (χ0v) is 19.6. The molecule has 0 bridgehead atoms. The molecule has 4 rings (SSSR count). The van der Waals surface area contributed by atoms with E-state index in [0.29, 0.717) is 19.5 Å². The Labute approximate surface area is 189 Å². The zero-order chi connectivity index (χ0) is 23.0. The Balaban J connectivity index is 1.56. The van der Waals surface area contributed by atoms with E-state index in [1.54, 1.807) is 0 Å². The summed E-state index contributed by atoms with van der Waals surface area (Å²) in [4.78, 5) is 19.5. The summed E-state index contributed by atoms with van der Waals surface area (Å²) in [7, 11) is 0. The molecule has 2 atom stereocenters. The summed E-state index contributed by atoms with van der Waals surface area (Å²) in [5, 5.41) is 10.8. The number of para-hydroxylation sites is 2. The summed E-state index contributed by atoms with van der Waals surface area (Å²) >= 11 is 0. The van der Waals surface area contributed by atoms with E-state index in [1.807, 2.05) is 55.1 Å². The number of ether oxygens (including phenoxy) is 1. The first-order valence-electron chi connectivity index (χ1n) is 11.3. The van der Waals surface area contributed by atoms with E-state index in [0.717, 1.165) is 33.7 Å². The van der Waals surface area contributed by atoms with Crippen molar-refractivity contribution in [3.05, 3.63) is 59.4 Å². The van der Waals surface area contributed by atoms with Crippen molar-refractivity contribution in [3.63, 3.8) is 0 Å². The molecular weight excluding hydrogens is 402 g/mol. The Morgan fingerprint density at radius 1 is 1.16 bits per heavy atom. The maximum Gasteiger partial charge on any atom is 0.223 e. The molecule has 1 fully saturated rings. The first-order valence-corrected chi connectivity index (χ1v) is 11.3. The fourth-order valence-corrected chi connectivity index (χ4v) is 4.60. The van der Waals surface area contributed by atoms with Crippen molar-refractivity contribution in [2.75, 3.05) is 13.2 Å². The second kappa shape index (κ2) is 8.58. The van der Waals surface area contributed by atoms with E-state index in [9.17, 15) is 9.90 Å². The van der Waals surface area contributed by atoms with Gasteiger partial charge in [-0.2, -0.15) is 0 Å². The predicted molar refractivity (Wildman–Crippen MR) is 126 cm³/mol. The van der Waals surface area contributed by atoms with Crippen molar-refractivity contribution in [1.29, 1.82) is 0 Å². The molecule has 0 radical (unpaired) electrons. The molecule has 0 spiro atoms. The summed E-state index contributed by atoms with van der Waals surface area (Å²) in [6.45, 7) is 11.4. The molecule has 1 aliphatic heterocycles. The molecule has 170 valence electrons. The molecule has 2 heterocycles. The van der Waals surface area contributed by atoms with Crippen molar-refractivity contribution in [3.8, 4) is 5.75 Å². The van der Waals surface area contributed by atoms with Crippen LogP contribution in [-0.2, 0) is 11.3 Å². The minimum atomic E-state index is -0.706. The Morgan fingerprint density at radius 2 is 1.84 bits per heavy atom. The second-order valence-electron chi connectivity index (χ2n) is 9.93. The normalized spacial score (nSPS) is 17.9. The number of nitrogens with zero attached hydrogens (tertiary/aromatic N) is 3. The second-order valence-corrected chi connectivity index (χ2v) is 9.93. The standard InChI is InChI=1S/C26H33N3O3/c1-17-10-18(2)12-21(11-17)32-16-20(30)15-28-23-9-7-6-8-22(23)27-25(28)19-13-24(31)29(14-19)26(3,4)5/h6-12,19-20,30H,13-16H2,1-5H3/t19-,20-/m0/s1. The van der Waals surface area contributed by atoms with Crippen molar-refractivity contribution in [2.24, 2.45) is 0 Å². The average Bonchev–Trinajstić information content (AvgIpc) is 3.26. The number of amides is 1. The van der Waals surface area contributed by atoms with Crippen LogP contribution in [0.25, 0.3) is 11.0 Å². The van der Waals surface area contributed by atoms with Crippen LogP contribution in [0.15, 0.2) is 42.5 Å². The van der Waals surface area contributed by atoms with Gasteiger partial charge in [-0.25, -0.2) is 4.98 Å². The van der Waals surface area contributed by atoms with Crippen molar-refractivity contribution in [2.45, 2.75) is 65.1 Å². The molecule has 0 aliphatic carbocycles. The number of fused-ring (bicyclic) bond motifs is 1. The van der Waals surface area contributed by atoms with Crippen molar-refractivity contribution >= 4 is 16.9 Å². The van der Waals surface area contributed by atoms with Crippen molar-refractivity contribution < 1.29 is 14.6 Å². The summed E-state index contributed by atoms with van der Waals surface area (Å²) in [5.41, 5.74) is 3.89. The van der Waals surface area contributed by atoms with Crippen LogP contribution in [0.1, 0.15) is 50.1 Å². The maximum atomic E-state index is 12.7. The molecule has 1 aromatic heterocycles. The minimum absolute atomic E-state index is 0.00154. The lowest BCUT2D eigenvalue weighted by atomic mass is 10.1. The number of hydrogen-bond acceptors (Lipinski definition) is 4. The molecule has 0 saturated carbocycles. The highest BCUT2D eigenvalue weighted by atomic mass is 16.5. The molecule has 1 N–H and O–H groups in total. The highest BCUT2D eigenvalue weighted by Crippen LogP contribution is 2.34. The Morgan fingerprint density at radius 3 is 2.50 bits per heavy atom. The van der Waals surface area contributed by atoms with Gasteiger partial charge in [0.25, 0.3) is 0 Å². The summed E-state index contributed by atoms with van der Waals surface area (Å²) in [6.07, 6.45) is -0.265. The predicted octanol–water partition coefficient (Wildman–Crippen LogP) is 4.21. The third-order valence-electron chi connectivity index (χ3n) is 6.01. The lowest BCUT2D eigenvalue weighted by Gasteiger charge is -2.32. The van der Waals surface area contributed by atoms with E-state index in [-0.39, 0.29) is 24.0 Å². The first-order chi connectivity index (χ1) is 15.1. The maximum absolute atomic E-state index is 12.7. The lowest BCUT2D eigenvalue weighted by molar-refractivity contribution is -0.131. The number of carbonyl (C=O) groups excluding carboxylic acids is 1. The Bertz CT molecular complexity index is 1110. The molecule has 6 nitrogen and oxygen atoms in total. The first kappa shape index (κ1) is 22.3.